The van der Waals surface area contributed by atoms with Gasteiger partial charge in [0.2, 0.25) is 0 Å². The SMILES string of the molecule is O=C(O)C1CC2CCC(C1)N2Cc1ccc2c(C(F)(F)F)c(OC3CC4CC4C3)ccc2c1. The van der Waals surface area contributed by atoms with Crippen molar-refractivity contribution in [3.05, 3.63) is 41.5 Å². The fraction of sp³-hybridized carbons (Fsp3) is 0.577. The van der Waals surface area contributed by atoms with Gasteiger partial charge in [0.05, 0.1) is 12.0 Å². The van der Waals surface area contributed by atoms with Gasteiger partial charge in [0.1, 0.15) is 11.3 Å². The number of benzene rings is 2. The van der Waals surface area contributed by atoms with Gasteiger partial charge in [-0.25, -0.2) is 0 Å². The van der Waals surface area contributed by atoms with E-state index in [-0.39, 0.29) is 35.2 Å². The first-order valence-corrected chi connectivity index (χ1v) is 12.0. The summed E-state index contributed by atoms with van der Waals surface area (Å²) in [6.45, 7) is 0.641. The molecule has 2 saturated carbocycles. The number of hydrogen-bond acceptors (Lipinski definition) is 3. The summed E-state index contributed by atoms with van der Waals surface area (Å²) < 4.78 is 48.1. The number of ether oxygens (including phenoxy) is 1. The third kappa shape index (κ3) is 3.88. The molecule has 2 bridgehead atoms. The van der Waals surface area contributed by atoms with Crippen LogP contribution in [0.25, 0.3) is 10.8 Å². The van der Waals surface area contributed by atoms with Gasteiger partial charge in [-0.2, -0.15) is 13.2 Å². The molecule has 1 N–H and O–H groups in total. The first-order valence-electron chi connectivity index (χ1n) is 12.0. The number of fused-ring (bicyclic) bond motifs is 4. The van der Waals surface area contributed by atoms with Crippen molar-refractivity contribution >= 4 is 16.7 Å². The average molecular weight is 460 g/mol. The largest absolute Gasteiger partial charge is 0.490 e. The lowest BCUT2D eigenvalue weighted by atomic mass is 9.90. The highest BCUT2D eigenvalue weighted by atomic mass is 19.4. The lowest BCUT2D eigenvalue weighted by molar-refractivity contribution is -0.144. The van der Waals surface area contributed by atoms with E-state index in [1.54, 1.807) is 18.2 Å². The van der Waals surface area contributed by atoms with E-state index in [9.17, 15) is 23.1 Å². The number of hydrogen-bond donors (Lipinski definition) is 1. The van der Waals surface area contributed by atoms with Crippen molar-refractivity contribution in [1.82, 2.24) is 4.90 Å². The summed E-state index contributed by atoms with van der Waals surface area (Å²) in [5, 5.41) is 10.1. The maximum Gasteiger partial charge on any atom is 0.420 e. The predicted molar refractivity (Wildman–Crippen MR) is 117 cm³/mol. The Morgan fingerprint density at radius 1 is 1.00 bits per heavy atom. The fourth-order valence-electron chi connectivity index (χ4n) is 6.73. The van der Waals surface area contributed by atoms with Crippen LogP contribution >= 0.6 is 0 Å². The molecule has 6 rings (SSSR count). The molecule has 0 radical (unpaired) electrons. The van der Waals surface area contributed by atoms with Gasteiger partial charge in [0.15, 0.2) is 0 Å². The quantitative estimate of drug-likeness (QED) is 0.608. The number of nitrogens with zero attached hydrogens (tertiary/aromatic N) is 1. The second kappa shape index (κ2) is 7.62. The van der Waals surface area contributed by atoms with Crippen molar-refractivity contribution in [3.63, 3.8) is 0 Å². The lowest BCUT2D eigenvalue weighted by Gasteiger charge is -2.37. The molecule has 7 heteroatoms. The van der Waals surface area contributed by atoms with Crippen molar-refractivity contribution in [2.24, 2.45) is 17.8 Å². The minimum atomic E-state index is -4.49. The van der Waals surface area contributed by atoms with Crippen LogP contribution in [-0.2, 0) is 17.5 Å². The van der Waals surface area contributed by atoms with Crippen LogP contribution in [0.2, 0.25) is 0 Å². The van der Waals surface area contributed by atoms with Crippen LogP contribution in [0.5, 0.6) is 5.75 Å². The Morgan fingerprint density at radius 2 is 1.70 bits per heavy atom. The Hall–Kier alpha value is -2.28. The van der Waals surface area contributed by atoms with Crippen molar-refractivity contribution < 1.29 is 27.8 Å². The first-order chi connectivity index (χ1) is 15.8. The Balaban J connectivity index is 1.26. The summed E-state index contributed by atoms with van der Waals surface area (Å²) in [6, 6.07) is 8.92. The monoisotopic (exact) mass is 459 g/mol. The van der Waals surface area contributed by atoms with E-state index in [1.165, 1.54) is 12.5 Å². The molecule has 2 aliphatic heterocycles. The molecule has 2 heterocycles. The van der Waals surface area contributed by atoms with E-state index in [1.807, 2.05) is 6.07 Å². The molecular formula is C26H28F3NO3. The third-order valence-corrected chi connectivity index (χ3v) is 8.42. The summed E-state index contributed by atoms with van der Waals surface area (Å²) in [4.78, 5) is 13.8. The Kier molecular flexibility index (Phi) is 4.91. The summed E-state index contributed by atoms with van der Waals surface area (Å²) in [5.41, 5.74) is 0.292. The van der Waals surface area contributed by atoms with E-state index in [2.05, 4.69) is 4.90 Å². The highest BCUT2D eigenvalue weighted by Crippen LogP contribution is 2.53. The number of carboxylic acid groups (broad SMARTS) is 1. The zero-order valence-electron chi connectivity index (χ0n) is 18.4. The fourth-order valence-corrected chi connectivity index (χ4v) is 6.73. The molecule has 0 aromatic heterocycles. The highest BCUT2D eigenvalue weighted by molar-refractivity contribution is 5.89. The third-order valence-electron chi connectivity index (χ3n) is 8.42. The molecule has 176 valence electrons. The summed E-state index contributed by atoms with van der Waals surface area (Å²) >= 11 is 0. The first kappa shape index (κ1) is 21.3. The van der Waals surface area contributed by atoms with E-state index in [4.69, 9.17) is 4.74 Å². The van der Waals surface area contributed by atoms with Crippen LogP contribution in [0.15, 0.2) is 30.3 Å². The number of halogens is 3. The minimum Gasteiger partial charge on any atom is -0.490 e. The molecule has 2 saturated heterocycles. The van der Waals surface area contributed by atoms with Gasteiger partial charge in [-0.3, -0.25) is 9.69 Å². The molecule has 0 amide bonds. The van der Waals surface area contributed by atoms with Crippen molar-refractivity contribution in [2.75, 3.05) is 0 Å². The smallest absolute Gasteiger partial charge is 0.420 e. The van der Waals surface area contributed by atoms with Crippen LogP contribution in [0.3, 0.4) is 0 Å². The van der Waals surface area contributed by atoms with Gasteiger partial charge in [-0.05, 0) is 85.3 Å². The molecule has 4 atom stereocenters. The standard InChI is InChI=1S/C26H28F3NO3/c27-26(28,29)24-22-5-1-14(13-30-19-3-4-20(30)10-18(9-19)25(31)32)7-15(22)2-6-23(24)33-21-11-16-8-17(16)12-21/h1-2,5-7,16-21H,3-4,8-13H2,(H,31,32). The normalized spacial score (nSPS) is 33.3. The number of rotatable bonds is 5. The zero-order chi connectivity index (χ0) is 22.9. The molecule has 4 fully saturated rings. The predicted octanol–water partition coefficient (Wildman–Crippen LogP) is 5.86. The van der Waals surface area contributed by atoms with Crippen LogP contribution < -0.4 is 4.74 Å². The van der Waals surface area contributed by atoms with Gasteiger partial charge in [0, 0.05) is 18.6 Å². The Morgan fingerprint density at radius 3 is 2.33 bits per heavy atom. The van der Waals surface area contributed by atoms with Crippen molar-refractivity contribution in [1.29, 1.82) is 0 Å². The highest BCUT2D eigenvalue weighted by Gasteiger charge is 2.48. The summed E-state index contributed by atoms with van der Waals surface area (Å²) in [6.07, 6.45) is 1.60. The minimum absolute atomic E-state index is 0.0529. The van der Waals surface area contributed by atoms with Crippen LogP contribution in [0, 0.1) is 17.8 Å². The van der Waals surface area contributed by atoms with E-state index < -0.39 is 17.7 Å². The number of piperidine rings is 1. The molecule has 2 aromatic carbocycles. The van der Waals surface area contributed by atoms with Crippen LogP contribution in [0.1, 0.15) is 56.1 Å². The average Bonchev–Trinajstić information content (AvgIpc) is 3.31. The molecular weight excluding hydrogens is 431 g/mol. The second-order valence-electron chi connectivity index (χ2n) is 10.5. The number of alkyl halides is 3. The lowest BCUT2D eigenvalue weighted by Crippen LogP contribution is -2.44. The molecule has 4 nitrogen and oxygen atoms in total. The Labute approximate surface area is 190 Å². The zero-order valence-corrected chi connectivity index (χ0v) is 18.4. The molecule has 33 heavy (non-hydrogen) atoms. The topological polar surface area (TPSA) is 49.8 Å². The maximum absolute atomic E-state index is 14.1. The van der Waals surface area contributed by atoms with Crippen molar-refractivity contribution in [2.45, 2.75) is 75.9 Å². The molecule has 2 aliphatic carbocycles. The van der Waals surface area contributed by atoms with E-state index in [0.717, 1.165) is 31.2 Å². The van der Waals surface area contributed by atoms with E-state index >= 15 is 0 Å². The Bertz CT molecular complexity index is 1080. The maximum atomic E-state index is 14.1. The number of carboxylic acids is 1. The van der Waals surface area contributed by atoms with Crippen molar-refractivity contribution in [3.8, 4) is 5.75 Å². The molecule has 0 spiro atoms. The van der Waals surface area contributed by atoms with Gasteiger partial charge in [-0.1, -0.05) is 18.2 Å². The summed E-state index contributed by atoms with van der Waals surface area (Å²) in [7, 11) is 0. The van der Waals surface area contributed by atoms with Gasteiger partial charge in [-0.15, -0.1) is 0 Å². The van der Waals surface area contributed by atoms with E-state index in [0.29, 0.717) is 36.6 Å². The van der Waals surface area contributed by atoms with Crippen LogP contribution in [0.4, 0.5) is 13.2 Å². The number of carbonyl (C=O) groups is 1. The summed E-state index contributed by atoms with van der Waals surface area (Å²) in [5.74, 6) is 0.229. The van der Waals surface area contributed by atoms with Crippen LogP contribution in [-0.4, -0.2) is 34.2 Å². The molecule has 2 aromatic rings. The molecule has 4 aliphatic rings. The second-order valence-corrected chi connectivity index (χ2v) is 10.5. The van der Waals surface area contributed by atoms with Gasteiger partial charge >= 0.3 is 12.1 Å². The number of aliphatic carboxylic acids is 1. The van der Waals surface area contributed by atoms with Gasteiger partial charge in [0.25, 0.3) is 0 Å². The van der Waals surface area contributed by atoms with Gasteiger partial charge < -0.3 is 9.84 Å². The molecule has 4 unspecified atom stereocenters.